The van der Waals surface area contributed by atoms with Crippen LogP contribution in [0.2, 0.25) is 0 Å². The molecule has 0 aromatic heterocycles. The lowest BCUT2D eigenvalue weighted by Gasteiger charge is -2.60. The summed E-state index contributed by atoms with van der Waals surface area (Å²) < 4.78 is 36.1. The van der Waals surface area contributed by atoms with Gasteiger partial charge in [0.15, 0.2) is 17.2 Å². The van der Waals surface area contributed by atoms with E-state index in [4.69, 9.17) is 8.92 Å². The minimum Gasteiger partial charge on any atom is -0.357 e. The molecule has 0 bridgehead atoms. The molecule has 1 saturated heterocycles. The minimum absolute atomic E-state index is 0.0323. The first-order valence-electron chi connectivity index (χ1n) is 10.7. The van der Waals surface area contributed by atoms with Gasteiger partial charge in [-0.1, -0.05) is 19.4 Å². The first-order chi connectivity index (χ1) is 13.4. The number of carbonyl (C=O) groups excluding carboxylic acids is 2. The van der Waals surface area contributed by atoms with Crippen LogP contribution in [-0.4, -0.2) is 44.0 Å². The fourth-order valence-corrected chi connectivity index (χ4v) is 8.66. The molecule has 4 fully saturated rings. The molecule has 3 saturated carbocycles. The van der Waals surface area contributed by atoms with Gasteiger partial charge in [0.1, 0.15) is 0 Å². The Kier molecular flexibility index (Phi) is 3.98. The Morgan fingerprint density at radius 3 is 2.66 bits per heavy atom. The molecule has 1 unspecified atom stereocenters. The van der Waals surface area contributed by atoms with Gasteiger partial charge in [-0.25, -0.2) is 0 Å². The van der Waals surface area contributed by atoms with Gasteiger partial charge in [0.25, 0.3) is 10.1 Å². The predicted molar refractivity (Wildman–Crippen MR) is 105 cm³/mol. The van der Waals surface area contributed by atoms with Crippen molar-refractivity contribution in [2.45, 2.75) is 77.1 Å². The van der Waals surface area contributed by atoms with Gasteiger partial charge in [0, 0.05) is 11.8 Å². The van der Waals surface area contributed by atoms with Crippen molar-refractivity contribution in [1.29, 1.82) is 0 Å². The number of ketones is 2. The average molecular weight is 423 g/mol. The van der Waals surface area contributed by atoms with Crippen molar-refractivity contribution in [3.8, 4) is 0 Å². The highest BCUT2D eigenvalue weighted by molar-refractivity contribution is 7.86. The standard InChI is InChI=1S/C22H30O6S/c1-12(23)22-18(27-22)10-16-15-6-5-13-9-14(24)7-8-20(13,2)19(15)17(11-21(16,22)3)28-29(4,25)26/h9,15-19H,5-8,10-11H2,1-4H3/t15-,16-,17+,18?,19+,20-,21-,22+/m0/s1. The molecule has 7 heteroatoms. The maximum atomic E-state index is 12.6. The van der Waals surface area contributed by atoms with Crippen molar-refractivity contribution in [1.82, 2.24) is 0 Å². The Morgan fingerprint density at radius 2 is 2.00 bits per heavy atom. The molecule has 160 valence electrons. The minimum atomic E-state index is -3.66. The van der Waals surface area contributed by atoms with Crippen LogP contribution in [0.25, 0.3) is 0 Å². The average Bonchev–Trinajstić information content (AvgIpc) is 3.27. The van der Waals surface area contributed by atoms with E-state index in [0.717, 1.165) is 37.5 Å². The molecule has 0 radical (unpaired) electrons. The number of rotatable bonds is 3. The van der Waals surface area contributed by atoms with Crippen molar-refractivity contribution >= 4 is 21.7 Å². The van der Waals surface area contributed by atoms with E-state index in [1.165, 1.54) is 0 Å². The summed E-state index contributed by atoms with van der Waals surface area (Å²) in [5.41, 5.74) is -0.269. The molecular formula is C22H30O6S. The second kappa shape index (κ2) is 5.80. The second-order valence-corrected chi connectivity index (χ2v) is 12.1. The lowest BCUT2D eigenvalue weighted by atomic mass is 9.45. The van der Waals surface area contributed by atoms with Gasteiger partial charge in [-0.15, -0.1) is 0 Å². The van der Waals surface area contributed by atoms with Gasteiger partial charge in [-0.3, -0.25) is 13.8 Å². The van der Waals surface area contributed by atoms with Gasteiger partial charge in [-0.05, 0) is 68.3 Å². The first kappa shape index (κ1) is 19.9. The molecule has 1 aliphatic heterocycles. The van der Waals surface area contributed by atoms with Crippen LogP contribution in [0.1, 0.15) is 59.3 Å². The number of carbonyl (C=O) groups is 2. The third-order valence-corrected chi connectivity index (χ3v) is 9.72. The molecular weight excluding hydrogens is 392 g/mol. The SMILES string of the molecule is CC(=O)[C@@]12OC1C[C@H]1[C@@H]3CCC4=CC(=O)CC[C@]4(C)[C@H]3[C@H](OS(C)(=O)=O)C[C@@]12C. The van der Waals surface area contributed by atoms with Crippen LogP contribution >= 0.6 is 0 Å². The van der Waals surface area contributed by atoms with Crippen molar-refractivity contribution in [2.24, 2.45) is 28.6 Å². The summed E-state index contributed by atoms with van der Waals surface area (Å²) in [5.74, 6) is 0.831. The quantitative estimate of drug-likeness (QED) is 0.513. The maximum absolute atomic E-state index is 12.6. The van der Waals surface area contributed by atoms with Crippen LogP contribution in [0.5, 0.6) is 0 Å². The summed E-state index contributed by atoms with van der Waals surface area (Å²) in [7, 11) is -3.66. The van der Waals surface area contributed by atoms with E-state index in [9.17, 15) is 18.0 Å². The molecule has 1 heterocycles. The molecule has 5 aliphatic rings. The Bertz CT molecular complexity index is 937. The lowest BCUT2D eigenvalue weighted by molar-refractivity contribution is -0.152. The first-order valence-corrected chi connectivity index (χ1v) is 12.5. The smallest absolute Gasteiger partial charge is 0.264 e. The molecule has 4 aliphatic carbocycles. The molecule has 0 N–H and O–H groups in total. The van der Waals surface area contributed by atoms with E-state index >= 15 is 0 Å². The predicted octanol–water partition coefficient (Wildman–Crippen LogP) is 2.81. The Morgan fingerprint density at radius 1 is 1.28 bits per heavy atom. The van der Waals surface area contributed by atoms with E-state index in [-0.39, 0.29) is 34.9 Å². The number of fused-ring (bicyclic) bond motifs is 7. The highest BCUT2D eigenvalue weighted by Gasteiger charge is 2.80. The molecule has 0 amide bonds. The van der Waals surface area contributed by atoms with Crippen molar-refractivity contribution < 1.29 is 26.9 Å². The van der Waals surface area contributed by atoms with Crippen LogP contribution < -0.4 is 0 Å². The van der Waals surface area contributed by atoms with Crippen LogP contribution in [0.3, 0.4) is 0 Å². The Hall–Kier alpha value is -1.05. The largest absolute Gasteiger partial charge is 0.357 e. The number of epoxide rings is 1. The Balaban J connectivity index is 1.61. The lowest BCUT2D eigenvalue weighted by Crippen LogP contribution is -2.60. The fourth-order valence-electron chi connectivity index (χ4n) is 8.02. The third kappa shape index (κ3) is 2.50. The summed E-state index contributed by atoms with van der Waals surface area (Å²) in [4.78, 5) is 24.7. The van der Waals surface area contributed by atoms with E-state index in [1.54, 1.807) is 13.0 Å². The van der Waals surface area contributed by atoms with Crippen molar-refractivity contribution in [2.75, 3.05) is 6.26 Å². The number of ether oxygens (including phenoxy) is 1. The van der Waals surface area contributed by atoms with Crippen molar-refractivity contribution in [3.05, 3.63) is 11.6 Å². The summed E-state index contributed by atoms with van der Waals surface area (Å²) in [6.07, 6.45) is 6.72. The van der Waals surface area contributed by atoms with Gasteiger partial charge in [0.2, 0.25) is 0 Å². The summed E-state index contributed by atoms with van der Waals surface area (Å²) >= 11 is 0. The fraction of sp³-hybridized carbons (Fsp3) is 0.818. The maximum Gasteiger partial charge on any atom is 0.264 e. The molecule has 0 aromatic rings. The highest BCUT2D eigenvalue weighted by atomic mass is 32.2. The normalized spacial score (nSPS) is 50.7. The van der Waals surface area contributed by atoms with E-state index in [0.29, 0.717) is 18.8 Å². The monoisotopic (exact) mass is 422 g/mol. The van der Waals surface area contributed by atoms with Crippen LogP contribution in [0.4, 0.5) is 0 Å². The van der Waals surface area contributed by atoms with Gasteiger partial charge in [0.05, 0.1) is 18.5 Å². The number of hydrogen-bond acceptors (Lipinski definition) is 6. The Labute approximate surface area is 172 Å². The molecule has 29 heavy (non-hydrogen) atoms. The van der Waals surface area contributed by atoms with E-state index in [2.05, 4.69) is 13.8 Å². The highest BCUT2D eigenvalue weighted by Crippen LogP contribution is 2.73. The molecule has 5 rings (SSSR count). The summed E-state index contributed by atoms with van der Waals surface area (Å²) in [5, 5.41) is 0. The van der Waals surface area contributed by atoms with Gasteiger partial charge >= 0.3 is 0 Å². The van der Waals surface area contributed by atoms with Gasteiger partial charge < -0.3 is 4.74 Å². The van der Waals surface area contributed by atoms with Crippen LogP contribution in [-0.2, 0) is 28.6 Å². The number of allylic oxidation sites excluding steroid dienone is 1. The molecule has 6 nitrogen and oxygen atoms in total. The zero-order chi connectivity index (χ0) is 21.0. The van der Waals surface area contributed by atoms with Crippen LogP contribution in [0.15, 0.2) is 11.6 Å². The zero-order valence-electron chi connectivity index (χ0n) is 17.6. The second-order valence-electron chi connectivity index (χ2n) is 10.5. The summed E-state index contributed by atoms with van der Waals surface area (Å²) in [6, 6.07) is 0. The molecule has 8 atom stereocenters. The third-order valence-electron chi connectivity index (χ3n) is 9.13. The molecule has 0 aromatic carbocycles. The topological polar surface area (TPSA) is 90.0 Å². The van der Waals surface area contributed by atoms with Crippen LogP contribution in [0, 0.1) is 28.6 Å². The van der Waals surface area contributed by atoms with Crippen molar-refractivity contribution in [3.63, 3.8) is 0 Å². The van der Waals surface area contributed by atoms with Gasteiger partial charge in [-0.2, -0.15) is 8.42 Å². The zero-order valence-corrected chi connectivity index (χ0v) is 18.4. The summed E-state index contributed by atoms with van der Waals surface area (Å²) in [6.45, 7) is 5.90. The van der Waals surface area contributed by atoms with E-state index in [1.807, 2.05) is 0 Å². The van der Waals surface area contributed by atoms with E-state index < -0.39 is 27.2 Å². The number of hydrogen-bond donors (Lipinski definition) is 0. The molecule has 0 spiro atoms. The number of Topliss-reactive ketones (excluding diaryl/α,β-unsaturated/α-hetero) is 1.